The summed E-state index contributed by atoms with van der Waals surface area (Å²) < 4.78 is 38.5. The first-order chi connectivity index (χ1) is 49.1. The van der Waals surface area contributed by atoms with Crippen LogP contribution in [0.25, 0.3) is 60.6 Å². The molecule has 0 bridgehead atoms. The van der Waals surface area contributed by atoms with E-state index < -0.39 is 10.8 Å². The fraction of sp³-hybridized carbons (Fsp3) is 0.457. The van der Waals surface area contributed by atoms with Crippen molar-refractivity contribution in [1.29, 1.82) is 0 Å². The second-order valence-corrected chi connectivity index (χ2v) is 35.8. The minimum Gasteiger partial charge on any atom is -0.206 e. The van der Waals surface area contributed by atoms with E-state index in [2.05, 4.69) is 175 Å². The van der Waals surface area contributed by atoms with Crippen LogP contribution in [0.4, 0.5) is 8.78 Å². The average molecular weight is 1440 g/mol. The Hall–Kier alpha value is -5.32. The van der Waals surface area contributed by atoms with Crippen LogP contribution < -0.4 is 0 Å². The number of thiophene rings is 6. The van der Waals surface area contributed by atoms with Gasteiger partial charge in [0, 0.05) is 60.6 Å². The third kappa shape index (κ3) is 14.1. The number of hydrogen-bond acceptors (Lipinski definition) is 6. The third-order valence-corrected chi connectivity index (χ3v) is 29.8. The van der Waals surface area contributed by atoms with Crippen LogP contribution in [0.2, 0.25) is 0 Å². The lowest BCUT2D eigenvalue weighted by Gasteiger charge is -2.35. The normalized spacial score (nSPS) is 14.2. The molecule has 0 saturated heterocycles. The monoisotopic (exact) mass is 1440 g/mol. The highest BCUT2D eigenvalue weighted by Gasteiger charge is 2.54. The van der Waals surface area contributed by atoms with Crippen LogP contribution in [0, 0.1) is 23.5 Å². The fourth-order valence-corrected chi connectivity index (χ4v) is 24.9. The van der Waals surface area contributed by atoms with E-state index in [4.69, 9.17) is 0 Å². The predicted octanol–water partition coefficient (Wildman–Crippen LogP) is 30.7. The average Bonchev–Trinajstić information content (AvgIpc) is 1.49. The second-order valence-electron chi connectivity index (χ2n) is 29.6. The van der Waals surface area contributed by atoms with E-state index in [0.717, 1.165) is 121 Å². The molecule has 2 aliphatic rings. The molecule has 5 aromatic carbocycles. The zero-order valence-corrected chi connectivity index (χ0v) is 66.2. The van der Waals surface area contributed by atoms with Gasteiger partial charge in [0.1, 0.15) is 11.6 Å². The molecule has 0 spiro atoms. The van der Waals surface area contributed by atoms with Crippen molar-refractivity contribution in [2.45, 2.75) is 259 Å². The minimum atomic E-state index is -0.725. The smallest absolute Gasteiger partial charge is 0.137 e. The number of unbranched alkanes of at least 4 members (excludes halogenated alkanes) is 14. The Kier molecular flexibility index (Phi) is 24.6. The Balaban J connectivity index is 1.17. The van der Waals surface area contributed by atoms with Crippen LogP contribution in [0.15, 0.2) is 132 Å². The summed E-state index contributed by atoms with van der Waals surface area (Å²) in [5.74, 6) is 0.632. The van der Waals surface area contributed by atoms with E-state index in [0.29, 0.717) is 11.8 Å². The van der Waals surface area contributed by atoms with Gasteiger partial charge in [0.15, 0.2) is 0 Å². The van der Waals surface area contributed by atoms with Crippen molar-refractivity contribution in [3.8, 4) is 40.4 Å². The summed E-state index contributed by atoms with van der Waals surface area (Å²) in [4.78, 5) is 8.96. The van der Waals surface area contributed by atoms with Gasteiger partial charge in [0.05, 0.1) is 20.6 Å². The summed E-state index contributed by atoms with van der Waals surface area (Å²) in [5, 5.41) is 7.12. The van der Waals surface area contributed by atoms with Gasteiger partial charge in [0.25, 0.3) is 0 Å². The van der Waals surface area contributed by atoms with Crippen molar-refractivity contribution in [3.05, 3.63) is 220 Å². The van der Waals surface area contributed by atoms with Gasteiger partial charge in [-0.2, -0.15) is 0 Å². The van der Waals surface area contributed by atoms with Crippen molar-refractivity contribution in [1.82, 2.24) is 0 Å². The van der Waals surface area contributed by atoms with Gasteiger partial charge < -0.3 is 0 Å². The van der Waals surface area contributed by atoms with Gasteiger partial charge in [0.2, 0.25) is 0 Å². The highest BCUT2D eigenvalue weighted by Crippen LogP contribution is 2.70. The molecule has 2 aliphatic carbocycles. The quantitative estimate of drug-likeness (QED) is 0.0338. The first-order valence-corrected chi connectivity index (χ1v) is 44.3. The maximum absolute atomic E-state index is 18.1. The van der Waals surface area contributed by atoms with Crippen molar-refractivity contribution in [2.75, 3.05) is 0 Å². The standard InChI is InChI=1S/C92H108F2S6/c1-9-17-23-27-33-63-37-45-67(46-38-63)91(68-47-39-64(40-48-68)34-28-24-18-10-2)71-53-55-95-85(71)89-83(91)81-79(77-59-73(93)75(97-77)57-61(15-7)31-21-13-5)88-82(80(87(81)99-89)78-60-74(94)76(98-78)58-62(16-8)32-22-14-6)84-90(100-88)86-72(54-56-96-86)92(84,69-49-41-65(42-50-69)35-29-25-19-11-3)70-51-43-66(44-52-70)36-30-26-20-12-4/h37-56,59-62H,9-36,57-58H2,1-8H3. The molecule has 526 valence electrons. The van der Waals surface area contributed by atoms with Crippen LogP contribution in [-0.2, 0) is 49.4 Å². The zero-order valence-electron chi connectivity index (χ0n) is 61.3. The van der Waals surface area contributed by atoms with Gasteiger partial charge in [-0.15, -0.1) is 68.0 Å². The van der Waals surface area contributed by atoms with Crippen molar-refractivity contribution in [3.63, 3.8) is 0 Å². The number of halogens is 2. The van der Waals surface area contributed by atoms with Gasteiger partial charge in [-0.25, -0.2) is 8.78 Å². The van der Waals surface area contributed by atoms with E-state index in [1.54, 1.807) is 22.7 Å². The highest BCUT2D eigenvalue weighted by molar-refractivity contribution is 7.29. The van der Waals surface area contributed by atoms with Crippen LogP contribution in [0.1, 0.15) is 286 Å². The molecule has 11 aromatic rings. The lowest BCUT2D eigenvalue weighted by molar-refractivity contribution is 0.444. The topological polar surface area (TPSA) is 0 Å². The lowest BCUT2D eigenvalue weighted by Crippen LogP contribution is -2.29. The molecule has 6 heterocycles. The van der Waals surface area contributed by atoms with Crippen LogP contribution >= 0.6 is 68.0 Å². The Morgan fingerprint density at radius 3 is 0.940 bits per heavy atom. The molecular formula is C92H108F2S6. The molecular weight excluding hydrogens is 1340 g/mol. The number of hydrogen-bond donors (Lipinski definition) is 0. The molecule has 8 heteroatoms. The zero-order chi connectivity index (χ0) is 69.3. The molecule has 13 rings (SSSR count). The van der Waals surface area contributed by atoms with E-state index in [1.165, 1.54) is 209 Å². The van der Waals surface area contributed by atoms with Crippen LogP contribution in [-0.4, -0.2) is 0 Å². The summed E-state index contributed by atoms with van der Waals surface area (Å²) in [6.07, 6.45) is 34.1. The Morgan fingerprint density at radius 2 is 0.650 bits per heavy atom. The van der Waals surface area contributed by atoms with Crippen molar-refractivity contribution in [2.24, 2.45) is 11.8 Å². The first-order valence-electron chi connectivity index (χ1n) is 39.3. The number of aryl methyl sites for hydroxylation is 4. The lowest BCUT2D eigenvalue weighted by atomic mass is 9.66. The minimum absolute atomic E-state index is 0.0799. The summed E-state index contributed by atoms with van der Waals surface area (Å²) in [6, 6.07) is 48.3. The molecule has 0 amide bonds. The fourth-order valence-electron chi connectivity index (χ4n) is 17.2. The highest BCUT2D eigenvalue weighted by atomic mass is 32.1. The van der Waals surface area contributed by atoms with Crippen LogP contribution in [0.3, 0.4) is 0 Å². The largest absolute Gasteiger partial charge is 0.206 e. The molecule has 0 N–H and O–H groups in total. The number of rotatable bonds is 38. The predicted molar refractivity (Wildman–Crippen MR) is 440 cm³/mol. The SMILES string of the molecule is CCCCCCc1ccc(C2(c3ccc(CCCCCC)cc3)c3ccsc3-c3sc4c(-c5cc(F)c(CC(CC)CCCC)s5)c5c6c(sc5c(-c5cc(F)c(CC(CC)CCCC)s5)c4c32)-c2sccc2C6(c2ccc(CCCCCC)cc2)c2ccc(CCCCCC)cc2)cc1. The molecule has 0 radical (unpaired) electrons. The van der Waals surface area contributed by atoms with Gasteiger partial charge in [-0.1, -0.05) is 281 Å². The number of benzene rings is 5. The summed E-state index contributed by atoms with van der Waals surface area (Å²) >= 11 is 11.1. The molecule has 0 fully saturated rings. The van der Waals surface area contributed by atoms with E-state index >= 15 is 8.78 Å². The second kappa shape index (κ2) is 33.6. The Labute approximate surface area is 623 Å². The number of fused-ring (bicyclic) bond motifs is 10. The van der Waals surface area contributed by atoms with Gasteiger partial charge in [-0.05, 0) is 178 Å². The molecule has 2 unspecified atom stereocenters. The maximum atomic E-state index is 18.1. The molecule has 0 aliphatic heterocycles. The molecule has 0 saturated carbocycles. The maximum Gasteiger partial charge on any atom is 0.137 e. The van der Waals surface area contributed by atoms with E-state index in [1.807, 2.05) is 57.5 Å². The Bertz CT molecular complexity index is 4060. The molecule has 2 atom stereocenters. The molecule has 0 nitrogen and oxygen atoms in total. The summed E-state index contributed by atoms with van der Waals surface area (Å²) in [7, 11) is 0. The summed E-state index contributed by atoms with van der Waals surface area (Å²) in [6.45, 7) is 18.4. The molecule has 6 aromatic heterocycles. The van der Waals surface area contributed by atoms with Crippen LogP contribution in [0.5, 0.6) is 0 Å². The third-order valence-electron chi connectivity index (χ3n) is 22.9. The van der Waals surface area contributed by atoms with Gasteiger partial charge >= 0.3 is 0 Å². The van der Waals surface area contributed by atoms with Crippen molar-refractivity contribution >= 4 is 88.2 Å². The Morgan fingerprint density at radius 1 is 0.340 bits per heavy atom. The van der Waals surface area contributed by atoms with E-state index in [-0.39, 0.29) is 11.6 Å². The van der Waals surface area contributed by atoms with Crippen molar-refractivity contribution < 1.29 is 8.78 Å². The first kappa shape index (κ1) is 73.0. The summed E-state index contributed by atoms with van der Waals surface area (Å²) in [5.41, 5.74) is 16.8. The van der Waals surface area contributed by atoms with Gasteiger partial charge in [-0.3, -0.25) is 0 Å². The molecule has 100 heavy (non-hydrogen) atoms. The van der Waals surface area contributed by atoms with E-state index in [9.17, 15) is 0 Å².